The molecule has 2 atom stereocenters. The number of hydrogen-bond donors (Lipinski definition) is 1. The summed E-state index contributed by atoms with van der Waals surface area (Å²) in [6.07, 6.45) is -0.0507. The van der Waals surface area contributed by atoms with Crippen LogP contribution in [-0.4, -0.2) is 59.6 Å². The molecule has 8 nitrogen and oxygen atoms in total. The average Bonchev–Trinajstić information content (AvgIpc) is 3.17. The molecule has 3 aromatic heterocycles. The Hall–Kier alpha value is -2.87. The first-order chi connectivity index (χ1) is 15.8. The highest BCUT2D eigenvalue weighted by atomic mass is 32.2. The summed E-state index contributed by atoms with van der Waals surface area (Å²) < 4.78 is 95.2. The number of rotatable bonds is 5. The maximum Gasteiger partial charge on any atom is 0.417 e. The highest BCUT2D eigenvalue weighted by Crippen LogP contribution is 2.39. The van der Waals surface area contributed by atoms with Crippen molar-refractivity contribution in [1.82, 2.24) is 24.1 Å². The zero-order valence-electron chi connectivity index (χ0n) is 18.1. The summed E-state index contributed by atoms with van der Waals surface area (Å²) in [4.78, 5) is 14.2. The number of nitrogens with one attached hydrogen (secondary N) is 1. The number of hydrogen-bond acceptors (Lipinski definition) is 6. The van der Waals surface area contributed by atoms with Gasteiger partial charge >= 0.3 is 6.18 Å². The normalized spacial score (nSPS) is 21.2. The van der Waals surface area contributed by atoms with Gasteiger partial charge in [0, 0.05) is 37.9 Å². The molecule has 0 saturated carbocycles. The van der Waals surface area contributed by atoms with Gasteiger partial charge in [-0.3, -0.25) is 4.40 Å². The molecule has 0 radical (unpaired) electrons. The second-order valence-electron chi connectivity index (χ2n) is 8.32. The summed E-state index contributed by atoms with van der Waals surface area (Å²) >= 11 is 0. The van der Waals surface area contributed by atoms with E-state index in [1.54, 1.807) is 4.90 Å². The van der Waals surface area contributed by atoms with Crippen molar-refractivity contribution in [3.63, 3.8) is 0 Å². The van der Waals surface area contributed by atoms with Crippen LogP contribution in [0.25, 0.3) is 17.2 Å². The van der Waals surface area contributed by atoms with Crippen LogP contribution in [-0.2, 0) is 16.2 Å². The van der Waals surface area contributed by atoms with Gasteiger partial charge < -0.3 is 4.90 Å². The standard InChI is InChI=1S/C20H21F5N6O2S/c1-12-9-30(10-14(19(12,21)22)7-28-34(2,32)33)17-5-6-26-18(29-17)15-8-27-16-4-3-13(11-31(15)16)20(23,24)25/h3-6,8,11-12,14,28H,7,9-10H2,1-2H3/t12-,14+/m0/s1. The van der Waals surface area contributed by atoms with Crippen LogP contribution in [0.3, 0.4) is 0 Å². The van der Waals surface area contributed by atoms with Crippen molar-refractivity contribution in [3.8, 4) is 11.5 Å². The Labute approximate surface area is 191 Å². The Kier molecular flexibility index (Phi) is 6.00. The minimum atomic E-state index is -4.55. The molecule has 34 heavy (non-hydrogen) atoms. The van der Waals surface area contributed by atoms with Gasteiger partial charge in [0.1, 0.15) is 17.2 Å². The van der Waals surface area contributed by atoms with Crippen LogP contribution in [0.15, 0.2) is 36.8 Å². The first-order valence-corrected chi connectivity index (χ1v) is 12.1. The topological polar surface area (TPSA) is 92.5 Å². The van der Waals surface area contributed by atoms with E-state index < -0.39 is 46.1 Å². The van der Waals surface area contributed by atoms with Gasteiger partial charge in [0.25, 0.3) is 5.92 Å². The number of sulfonamides is 1. The third kappa shape index (κ3) is 4.82. The summed E-state index contributed by atoms with van der Waals surface area (Å²) in [5.41, 5.74) is -0.410. The van der Waals surface area contributed by atoms with E-state index in [1.807, 2.05) is 0 Å². The second-order valence-corrected chi connectivity index (χ2v) is 10.2. The lowest BCUT2D eigenvalue weighted by Crippen LogP contribution is -2.56. The molecule has 0 unspecified atom stereocenters. The van der Waals surface area contributed by atoms with Crippen molar-refractivity contribution < 1.29 is 30.4 Å². The molecular formula is C20H21F5N6O2S. The quantitative estimate of drug-likeness (QED) is 0.537. The summed E-state index contributed by atoms with van der Waals surface area (Å²) in [6, 6.07) is 3.65. The molecule has 4 rings (SSSR count). The molecule has 184 valence electrons. The maximum atomic E-state index is 14.7. The van der Waals surface area contributed by atoms with Gasteiger partial charge in [-0.2, -0.15) is 13.2 Å². The maximum absolute atomic E-state index is 14.7. The summed E-state index contributed by atoms with van der Waals surface area (Å²) in [5.74, 6) is -5.16. The fourth-order valence-electron chi connectivity index (χ4n) is 3.92. The molecule has 4 heterocycles. The van der Waals surface area contributed by atoms with E-state index >= 15 is 0 Å². The SMILES string of the molecule is C[C@H]1CN(c2ccnc(-c3cnc4ccc(C(F)(F)F)cn34)n2)C[C@@H](CNS(C)(=O)=O)C1(F)F. The van der Waals surface area contributed by atoms with E-state index in [0.29, 0.717) is 5.82 Å². The Morgan fingerprint density at radius 1 is 1.18 bits per heavy atom. The molecular weight excluding hydrogens is 483 g/mol. The Morgan fingerprint density at radius 2 is 1.91 bits per heavy atom. The smallest absolute Gasteiger partial charge is 0.355 e. The number of halogens is 5. The lowest BCUT2D eigenvalue weighted by Gasteiger charge is -2.43. The van der Waals surface area contributed by atoms with E-state index in [4.69, 9.17) is 0 Å². The molecule has 0 amide bonds. The van der Waals surface area contributed by atoms with Crippen LogP contribution < -0.4 is 9.62 Å². The predicted molar refractivity (Wildman–Crippen MR) is 114 cm³/mol. The largest absolute Gasteiger partial charge is 0.417 e. The first kappa shape index (κ1) is 24.3. The molecule has 0 bridgehead atoms. The number of imidazole rings is 1. The number of alkyl halides is 5. The Morgan fingerprint density at radius 3 is 2.59 bits per heavy atom. The lowest BCUT2D eigenvalue weighted by molar-refractivity contribution is -0.137. The van der Waals surface area contributed by atoms with Crippen LogP contribution >= 0.6 is 0 Å². The van der Waals surface area contributed by atoms with E-state index in [-0.39, 0.29) is 30.3 Å². The zero-order chi connectivity index (χ0) is 24.9. The van der Waals surface area contributed by atoms with E-state index in [0.717, 1.165) is 18.5 Å². The third-order valence-electron chi connectivity index (χ3n) is 5.76. The monoisotopic (exact) mass is 504 g/mol. The van der Waals surface area contributed by atoms with Crippen molar-refractivity contribution in [2.24, 2.45) is 11.8 Å². The Bertz CT molecular complexity index is 1310. The molecule has 1 saturated heterocycles. The molecule has 1 aliphatic heterocycles. The van der Waals surface area contributed by atoms with Gasteiger partial charge in [0.15, 0.2) is 5.82 Å². The minimum Gasteiger partial charge on any atom is -0.355 e. The van der Waals surface area contributed by atoms with Crippen molar-refractivity contribution in [2.45, 2.75) is 19.0 Å². The van der Waals surface area contributed by atoms with Gasteiger partial charge in [-0.05, 0) is 18.2 Å². The number of nitrogens with zero attached hydrogens (tertiary/aromatic N) is 5. The summed E-state index contributed by atoms with van der Waals surface area (Å²) in [5, 5.41) is 0. The first-order valence-electron chi connectivity index (χ1n) is 10.2. The van der Waals surface area contributed by atoms with E-state index in [2.05, 4.69) is 19.7 Å². The van der Waals surface area contributed by atoms with Crippen molar-refractivity contribution in [3.05, 3.63) is 42.4 Å². The van der Waals surface area contributed by atoms with E-state index in [9.17, 15) is 30.4 Å². The molecule has 0 aliphatic carbocycles. The predicted octanol–water partition coefficient (Wildman–Crippen LogP) is 3.07. The van der Waals surface area contributed by atoms with Crippen LogP contribution in [0.5, 0.6) is 0 Å². The van der Waals surface area contributed by atoms with Gasteiger partial charge in [-0.15, -0.1) is 0 Å². The molecule has 0 spiro atoms. The van der Waals surface area contributed by atoms with Crippen LogP contribution in [0.2, 0.25) is 0 Å². The fraction of sp³-hybridized carbons (Fsp3) is 0.450. The van der Waals surface area contributed by atoms with Gasteiger partial charge in [-0.1, -0.05) is 6.92 Å². The molecule has 14 heteroatoms. The lowest BCUT2D eigenvalue weighted by atomic mass is 9.86. The number of fused-ring (bicyclic) bond motifs is 1. The van der Waals surface area contributed by atoms with Crippen LogP contribution in [0.1, 0.15) is 12.5 Å². The van der Waals surface area contributed by atoms with Gasteiger partial charge in [-0.25, -0.2) is 36.9 Å². The molecule has 3 aromatic rings. The third-order valence-corrected chi connectivity index (χ3v) is 6.45. The highest BCUT2D eigenvalue weighted by Gasteiger charge is 2.49. The summed E-state index contributed by atoms with van der Waals surface area (Å²) in [6.45, 7) is 0.689. The second kappa shape index (κ2) is 8.41. The fourth-order valence-corrected chi connectivity index (χ4v) is 4.42. The molecule has 0 aromatic carbocycles. The number of pyridine rings is 1. The zero-order valence-corrected chi connectivity index (χ0v) is 18.9. The van der Waals surface area contributed by atoms with Crippen molar-refractivity contribution >= 4 is 21.5 Å². The Balaban J connectivity index is 1.66. The highest BCUT2D eigenvalue weighted by molar-refractivity contribution is 7.88. The molecule has 1 fully saturated rings. The van der Waals surface area contributed by atoms with E-state index in [1.165, 1.54) is 35.9 Å². The van der Waals surface area contributed by atoms with Crippen LogP contribution in [0.4, 0.5) is 27.8 Å². The molecule has 1 aliphatic rings. The summed E-state index contributed by atoms with van der Waals surface area (Å²) in [7, 11) is -3.66. The van der Waals surface area contributed by atoms with Crippen LogP contribution in [0, 0.1) is 11.8 Å². The number of anilines is 1. The van der Waals surface area contributed by atoms with Crippen molar-refractivity contribution in [2.75, 3.05) is 30.8 Å². The molecule has 1 N–H and O–H groups in total. The number of piperidine rings is 1. The van der Waals surface area contributed by atoms with Gasteiger partial charge in [0.2, 0.25) is 10.0 Å². The van der Waals surface area contributed by atoms with Gasteiger partial charge in [0.05, 0.1) is 23.9 Å². The van der Waals surface area contributed by atoms with Crippen molar-refractivity contribution in [1.29, 1.82) is 0 Å². The average molecular weight is 504 g/mol. The number of aromatic nitrogens is 4. The minimum absolute atomic E-state index is 0.0514.